The Morgan fingerprint density at radius 1 is 1.40 bits per heavy atom. The number of rotatable bonds is 3. The van der Waals surface area contributed by atoms with Gasteiger partial charge >= 0.3 is 0 Å². The van der Waals surface area contributed by atoms with Crippen LogP contribution in [0.25, 0.3) is 0 Å². The average Bonchev–Trinajstić information content (AvgIpc) is 2.62. The molecule has 0 bridgehead atoms. The molecule has 1 aromatic heterocycles. The van der Waals surface area contributed by atoms with Crippen molar-refractivity contribution in [1.82, 2.24) is 15.2 Å². The molecular formula is C9H8ClN3OS. The third-order valence-electron chi connectivity index (χ3n) is 1.72. The molecule has 0 aliphatic heterocycles. The van der Waals surface area contributed by atoms with Gasteiger partial charge in [-0.3, -0.25) is 10.2 Å². The van der Waals surface area contributed by atoms with E-state index in [0.717, 1.165) is 0 Å². The summed E-state index contributed by atoms with van der Waals surface area (Å²) in [6.45, 7) is 0.327. The number of hydrogen-bond donors (Lipinski definition) is 2. The summed E-state index contributed by atoms with van der Waals surface area (Å²) in [5, 5.41) is 6.12. The smallest absolute Gasteiger partial charge is 0.213 e. The van der Waals surface area contributed by atoms with E-state index < -0.39 is 0 Å². The summed E-state index contributed by atoms with van der Waals surface area (Å²) in [7, 11) is 0. The van der Waals surface area contributed by atoms with Gasteiger partial charge in [0.15, 0.2) is 5.82 Å². The van der Waals surface area contributed by atoms with E-state index in [0.29, 0.717) is 28.0 Å². The molecule has 0 saturated heterocycles. The van der Waals surface area contributed by atoms with Gasteiger partial charge < -0.3 is 4.74 Å². The first-order valence-corrected chi connectivity index (χ1v) is 5.04. The monoisotopic (exact) mass is 241 g/mol. The third-order valence-corrected chi connectivity index (χ3v) is 2.15. The Kier molecular flexibility index (Phi) is 3.03. The topological polar surface area (TPSA) is 53.7 Å². The number of halogens is 1. The first kappa shape index (κ1) is 10.2. The molecule has 0 fully saturated rings. The van der Waals surface area contributed by atoms with Gasteiger partial charge in [-0.25, -0.2) is 4.98 Å². The molecule has 6 heteroatoms. The highest BCUT2D eigenvalue weighted by Gasteiger charge is 1.98. The van der Waals surface area contributed by atoms with E-state index in [9.17, 15) is 0 Å². The minimum Gasteiger partial charge on any atom is -0.486 e. The van der Waals surface area contributed by atoms with Gasteiger partial charge in [-0.05, 0) is 30.4 Å². The fourth-order valence-corrected chi connectivity index (χ4v) is 1.42. The predicted molar refractivity (Wildman–Crippen MR) is 59.6 cm³/mol. The van der Waals surface area contributed by atoms with Crippen LogP contribution in [-0.2, 0) is 6.61 Å². The minimum atomic E-state index is 0.327. The van der Waals surface area contributed by atoms with E-state index in [1.165, 1.54) is 0 Å². The second-order valence-corrected chi connectivity index (χ2v) is 3.68. The zero-order valence-electron chi connectivity index (χ0n) is 7.66. The van der Waals surface area contributed by atoms with Crippen LogP contribution in [0.5, 0.6) is 5.75 Å². The van der Waals surface area contributed by atoms with Crippen LogP contribution in [0.4, 0.5) is 0 Å². The van der Waals surface area contributed by atoms with Crippen molar-refractivity contribution < 1.29 is 4.74 Å². The van der Waals surface area contributed by atoms with Gasteiger partial charge in [-0.2, -0.15) is 0 Å². The molecule has 0 unspecified atom stereocenters. The van der Waals surface area contributed by atoms with Crippen LogP contribution < -0.4 is 4.74 Å². The lowest BCUT2D eigenvalue weighted by Gasteiger charge is -2.03. The highest BCUT2D eigenvalue weighted by atomic mass is 35.5. The van der Waals surface area contributed by atoms with Crippen molar-refractivity contribution in [2.24, 2.45) is 0 Å². The number of benzene rings is 1. The Labute approximate surface area is 96.2 Å². The molecule has 0 saturated carbocycles. The molecule has 2 aromatic rings. The molecule has 0 spiro atoms. The first-order valence-electron chi connectivity index (χ1n) is 4.26. The van der Waals surface area contributed by atoms with E-state index in [4.69, 9.17) is 28.6 Å². The molecule has 4 nitrogen and oxygen atoms in total. The second-order valence-electron chi connectivity index (χ2n) is 2.86. The number of nitrogens with one attached hydrogen (secondary N) is 2. The highest BCUT2D eigenvalue weighted by Crippen LogP contribution is 2.17. The molecule has 15 heavy (non-hydrogen) atoms. The maximum Gasteiger partial charge on any atom is 0.213 e. The van der Waals surface area contributed by atoms with Crippen molar-refractivity contribution >= 4 is 23.8 Å². The number of nitrogens with zero attached hydrogens (tertiary/aromatic N) is 1. The average molecular weight is 242 g/mol. The number of ether oxygens (including phenoxy) is 1. The van der Waals surface area contributed by atoms with Gasteiger partial charge in [0.05, 0.1) is 0 Å². The van der Waals surface area contributed by atoms with Gasteiger partial charge in [0.1, 0.15) is 12.4 Å². The highest BCUT2D eigenvalue weighted by molar-refractivity contribution is 7.71. The van der Waals surface area contributed by atoms with Crippen LogP contribution in [0.3, 0.4) is 0 Å². The normalized spacial score (nSPS) is 10.2. The third kappa shape index (κ3) is 2.81. The maximum atomic E-state index is 5.80. The SMILES string of the molecule is S=c1nc(COc2cccc(Cl)c2)[nH][nH]1. The first-order chi connectivity index (χ1) is 7.24. The Morgan fingerprint density at radius 3 is 2.93 bits per heavy atom. The van der Waals surface area contributed by atoms with Crippen molar-refractivity contribution in [2.45, 2.75) is 6.61 Å². The Balaban J connectivity index is 2.02. The summed E-state index contributed by atoms with van der Waals surface area (Å²) in [4.78, 5) is 3.99. The quantitative estimate of drug-likeness (QED) is 0.813. The van der Waals surface area contributed by atoms with Crippen LogP contribution in [0.2, 0.25) is 5.02 Å². The Bertz CT molecular complexity index is 508. The van der Waals surface area contributed by atoms with Crippen LogP contribution in [0.15, 0.2) is 24.3 Å². The molecule has 2 rings (SSSR count). The molecule has 0 aliphatic carbocycles. The van der Waals surface area contributed by atoms with Crippen LogP contribution in [-0.4, -0.2) is 15.2 Å². The molecule has 1 heterocycles. The van der Waals surface area contributed by atoms with Crippen molar-refractivity contribution in [3.8, 4) is 5.75 Å². The van der Waals surface area contributed by atoms with Crippen LogP contribution >= 0.6 is 23.8 Å². The number of hydrogen-bond acceptors (Lipinski definition) is 3. The summed E-state index contributed by atoms with van der Waals surface area (Å²) in [6.07, 6.45) is 0. The summed E-state index contributed by atoms with van der Waals surface area (Å²) in [5.41, 5.74) is 0. The Morgan fingerprint density at radius 2 is 2.27 bits per heavy atom. The standard InChI is InChI=1S/C9H8ClN3OS/c10-6-2-1-3-7(4-6)14-5-8-11-9(15)13-12-8/h1-4H,5H2,(H2,11,12,13,15). The lowest BCUT2D eigenvalue weighted by Crippen LogP contribution is -1.97. The molecule has 78 valence electrons. The van der Waals surface area contributed by atoms with Gasteiger partial charge in [-0.1, -0.05) is 17.7 Å². The minimum absolute atomic E-state index is 0.327. The number of aromatic amines is 2. The van der Waals surface area contributed by atoms with E-state index in [-0.39, 0.29) is 0 Å². The molecule has 0 amide bonds. The van der Waals surface area contributed by atoms with Crippen LogP contribution in [0.1, 0.15) is 5.82 Å². The second kappa shape index (κ2) is 4.46. The maximum absolute atomic E-state index is 5.80. The van der Waals surface area contributed by atoms with Crippen LogP contribution in [0, 0.1) is 4.77 Å². The lowest BCUT2D eigenvalue weighted by molar-refractivity contribution is 0.296. The van der Waals surface area contributed by atoms with Crippen molar-refractivity contribution in [2.75, 3.05) is 0 Å². The lowest BCUT2D eigenvalue weighted by atomic mass is 10.3. The van der Waals surface area contributed by atoms with E-state index in [1.807, 2.05) is 12.1 Å². The molecule has 0 aliphatic rings. The van der Waals surface area contributed by atoms with E-state index >= 15 is 0 Å². The van der Waals surface area contributed by atoms with Gasteiger partial charge in [0.2, 0.25) is 4.77 Å². The summed E-state index contributed by atoms with van der Waals surface area (Å²) < 4.78 is 5.86. The summed E-state index contributed by atoms with van der Waals surface area (Å²) in [5.74, 6) is 1.35. The van der Waals surface area contributed by atoms with E-state index in [1.54, 1.807) is 12.1 Å². The largest absolute Gasteiger partial charge is 0.486 e. The molecule has 0 atom stereocenters. The fourth-order valence-electron chi connectivity index (χ4n) is 1.08. The number of aromatic nitrogens is 3. The fraction of sp³-hybridized carbons (Fsp3) is 0.111. The van der Waals surface area contributed by atoms with Gasteiger partial charge in [-0.15, -0.1) is 0 Å². The van der Waals surface area contributed by atoms with Crippen molar-refractivity contribution in [1.29, 1.82) is 0 Å². The van der Waals surface area contributed by atoms with Crippen molar-refractivity contribution in [3.63, 3.8) is 0 Å². The van der Waals surface area contributed by atoms with Crippen molar-refractivity contribution in [3.05, 3.63) is 39.9 Å². The zero-order valence-corrected chi connectivity index (χ0v) is 9.23. The zero-order chi connectivity index (χ0) is 10.7. The number of H-pyrrole nitrogens is 2. The predicted octanol–water partition coefficient (Wildman–Crippen LogP) is 2.70. The molecular weight excluding hydrogens is 234 g/mol. The Hall–Kier alpha value is -1.33. The molecule has 2 N–H and O–H groups in total. The summed E-state index contributed by atoms with van der Waals surface area (Å²) in [6, 6.07) is 7.18. The molecule has 1 aromatic carbocycles. The van der Waals surface area contributed by atoms with Gasteiger partial charge in [0.25, 0.3) is 0 Å². The molecule has 0 radical (unpaired) electrons. The summed E-state index contributed by atoms with van der Waals surface area (Å²) >= 11 is 10.6. The van der Waals surface area contributed by atoms with Gasteiger partial charge in [0, 0.05) is 5.02 Å². The van der Waals surface area contributed by atoms with E-state index in [2.05, 4.69) is 15.2 Å².